The lowest BCUT2D eigenvalue weighted by atomic mass is 10.0. The lowest BCUT2D eigenvalue weighted by Gasteiger charge is -2.23. The highest BCUT2D eigenvalue weighted by molar-refractivity contribution is 5.72. The predicted octanol–water partition coefficient (Wildman–Crippen LogP) is 0.527. The van der Waals surface area contributed by atoms with Gasteiger partial charge in [-0.3, -0.25) is 0 Å². The van der Waals surface area contributed by atoms with Crippen LogP contribution in [0.5, 0.6) is 0 Å². The van der Waals surface area contributed by atoms with Gasteiger partial charge in [-0.2, -0.15) is 0 Å². The topological polar surface area (TPSA) is 55.8 Å². The minimum atomic E-state index is -1.30. The molecule has 1 aliphatic heterocycles. The summed E-state index contributed by atoms with van der Waals surface area (Å²) in [5.74, 6) is -1.14. The first-order valence-electron chi connectivity index (χ1n) is 5.94. The number of carboxylic acids is 1. The zero-order valence-electron chi connectivity index (χ0n) is 10.0. The van der Waals surface area contributed by atoms with E-state index in [0.717, 1.165) is 16.0 Å². The number of fused-ring (bicyclic) bond motifs is 2. The average molecular weight is 256 g/mol. The summed E-state index contributed by atoms with van der Waals surface area (Å²) < 4.78 is 10.7. The molecule has 1 aromatic rings. The Kier molecular flexibility index (Phi) is 2.93. The molecule has 0 spiro atoms. The second-order valence-corrected chi connectivity index (χ2v) is 4.27. The lowest BCUT2D eigenvalue weighted by molar-refractivity contribution is -0.176. The normalized spacial score (nSPS) is 27.2. The third kappa shape index (κ3) is 2.18. The van der Waals surface area contributed by atoms with E-state index < -0.39 is 18.4 Å². The smallest absolute Gasteiger partial charge is 0.373 e. The molecule has 0 bridgehead atoms. The maximum atomic E-state index is 11.1. The summed E-state index contributed by atoms with van der Waals surface area (Å²) in [4.78, 5) is 11.1. The molecular formula is C15H12O4. The SMILES string of the molecule is O=C(O)C1OC=c2cccc/c2=C2\C=CC=CC2O1. The summed E-state index contributed by atoms with van der Waals surface area (Å²) in [6.45, 7) is 0. The third-order valence-electron chi connectivity index (χ3n) is 3.04. The first-order valence-corrected chi connectivity index (χ1v) is 5.94. The van der Waals surface area contributed by atoms with Gasteiger partial charge in [-0.15, -0.1) is 0 Å². The van der Waals surface area contributed by atoms with Crippen molar-refractivity contribution >= 4 is 17.8 Å². The van der Waals surface area contributed by atoms with Crippen molar-refractivity contribution in [1.82, 2.24) is 0 Å². The lowest BCUT2D eigenvalue weighted by Crippen LogP contribution is -2.38. The molecule has 1 aliphatic carbocycles. The molecule has 0 saturated carbocycles. The highest BCUT2D eigenvalue weighted by Crippen LogP contribution is 2.18. The van der Waals surface area contributed by atoms with Crippen molar-refractivity contribution in [2.24, 2.45) is 0 Å². The molecule has 1 aromatic carbocycles. The Morgan fingerprint density at radius 1 is 1.21 bits per heavy atom. The molecule has 3 rings (SSSR count). The monoisotopic (exact) mass is 256 g/mol. The van der Waals surface area contributed by atoms with Gasteiger partial charge in [-0.1, -0.05) is 48.6 Å². The molecule has 4 heteroatoms. The molecule has 4 nitrogen and oxygen atoms in total. The van der Waals surface area contributed by atoms with E-state index in [1.165, 1.54) is 6.26 Å². The number of ether oxygens (including phenoxy) is 2. The van der Waals surface area contributed by atoms with Crippen molar-refractivity contribution in [3.05, 3.63) is 59.0 Å². The second-order valence-electron chi connectivity index (χ2n) is 4.27. The van der Waals surface area contributed by atoms with Crippen molar-refractivity contribution in [3.63, 3.8) is 0 Å². The van der Waals surface area contributed by atoms with E-state index in [1.54, 1.807) is 0 Å². The fourth-order valence-corrected chi connectivity index (χ4v) is 2.16. The number of allylic oxidation sites excluding steroid dienone is 2. The summed E-state index contributed by atoms with van der Waals surface area (Å²) in [6.07, 6.45) is 7.21. The molecule has 19 heavy (non-hydrogen) atoms. The molecule has 0 amide bonds. The van der Waals surface area contributed by atoms with Crippen LogP contribution in [-0.4, -0.2) is 23.5 Å². The van der Waals surface area contributed by atoms with Crippen molar-refractivity contribution in [1.29, 1.82) is 0 Å². The quantitative estimate of drug-likeness (QED) is 0.796. The number of benzene rings is 1. The first-order chi connectivity index (χ1) is 9.25. The molecule has 0 saturated heterocycles. The van der Waals surface area contributed by atoms with Crippen LogP contribution in [-0.2, 0) is 14.3 Å². The van der Waals surface area contributed by atoms with Crippen LogP contribution in [0.1, 0.15) is 0 Å². The Morgan fingerprint density at radius 3 is 2.89 bits per heavy atom. The van der Waals surface area contributed by atoms with Gasteiger partial charge < -0.3 is 14.6 Å². The summed E-state index contributed by atoms with van der Waals surface area (Å²) in [6, 6.07) is 7.66. The molecule has 96 valence electrons. The summed E-state index contributed by atoms with van der Waals surface area (Å²) >= 11 is 0. The van der Waals surface area contributed by atoms with E-state index in [2.05, 4.69) is 0 Å². The van der Waals surface area contributed by atoms with E-state index >= 15 is 0 Å². The number of rotatable bonds is 1. The van der Waals surface area contributed by atoms with Gasteiger partial charge in [0, 0.05) is 5.22 Å². The van der Waals surface area contributed by atoms with Gasteiger partial charge in [0.25, 0.3) is 6.29 Å². The van der Waals surface area contributed by atoms with Crippen molar-refractivity contribution in [2.45, 2.75) is 12.4 Å². The second kappa shape index (κ2) is 4.74. The van der Waals surface area contributed by atoms with Gasteiger partial charge >= 0.3 is 5.97 Å². The zero-order chi connectivity index (χ0) is 13.2. The maximum Gasteiger partial charge on any atom is 0.373 e. The number of aliphatic carboxylic acids is 1. The van der Waals surface area contributed by atoms with Gasteiger partial charge in [-0.25, -0.2) is 4.79 Å². The molecule has 2 unspecified atom stereocenters. The van der Waals surface area contributed by atoms with Gasteiger partial charge in [0.2, 0.25) is 0 Å². The van der Waals surface area contributed by atoms with Crippen LogP contribution in [0, 0.1) is 0 Å². The van der Waals surface area contributed by atoms with Crippen LogP contribution in [0.4, 0.5) is 0 Å². The Labute approximate surface area is 109 Å². The standard InChI is InChI=1S/C15H12O4/c16-14(17)15-18-9-10-5-1-2-6-11(10)12-7-3-4-8-13(12)19-15/h1-9,13,15H,(H,16,17)/b10-9?,12-11-. The van der Waals surface area contributed by atoms with Crippen LogP contribution in [0.25, 0.3) is 11.8 Å². The van der Waals surface area contributed by atoms with Crippen LogP contribution in [0.2, 0.25) is 0 Å². The Bertz CT molecular complexity index is 684. The van der Waals surface area contributed by atoms with E-state index in [-0.39, 0.29) is 0 Å². The van der Waals surface area contributed by atoms with Gasteiger partial charge in [0.15, 0.2) is 0 Å². The number of carboxylic acid groups (broad SMARTS) is 1. The van der Waals surface area contributed by atoms with E-state index in [9.17, 15) is 4.79 Å². The van der Waals surface area contributed by atoms with Crippen LogP contribution in [0.15, 0.2) is 48.6 Å². The van der Waals surface area contributed by atoms with Gasteiger partial charge in [0.05, 0.1) is 6.26 Å². The molecule has 1 heterocycles. The van der Waals surface area contributed by atoms with Crippen molar-refractivity contribution < 1.29 is 19.4 Å². The zero-order valence-corrected chi connectivity index (χ0v) is 10.0. The minimum absolute atomic E-state index is 0.416. The number of hydrogen-bond donors (Lipinski definition) is 1. The molecule has 0 fully saturated rings. The van der Waals surface area contributed by atoms with Crippen LogP contribution >= 0.6 is 0 Å². The van der Waals surface area contributed by atoms with Crippen molar-refractivity contribution in [3.8, 4) is 0 Å². The third-order valence-corrected chi connectivity index (χ3v) is 3.04. The maximum absolute atomic E-state index is 11.1. The summed E-state index contributed by atoms with van der Waals surface area (Å²) in [5.41, 5.74) is 0.934. The summed E-state index contributed by atoms with van der Waals surface area (Å²) in [7, 11) is 0. The number of hydrogen-bond acceptors (Lipinski definition) is 3. The van der Waals surface area contributed by atoms with Crippen LogP contribution < -0.4 is 10.4 Å². The van der Waals surface area contributed by atoms with E-state index in [0.29, 0.717) is 0 Å². The van der Waals surface area contributed by atoms with Gasteiger partial charge in [0.1, 0.15) is 6.10 Å². The Hall–Kier alpha value is -2.33. The van der Waals surface area contributed by atoms with Gasteiger partial charge in [-0.05, 0) is 10.8 Å². The Morgan fingerprint density at radius 2 is 2.05 bits per heavy atom. The summed E-state index contributed by atoms with van der Waals surface area (Å²) in [5, 5.41) is 10.9. The molecule has 2 atom stereocenters. The van der Waals surface area contributed by atoms with E-state index in [1.807, 2.05) is 48.6 Å². The first kappa shape index (κ1) is 11.7. The van der Waals surface area contributed by atoms with Crippen molar-refractivity contribution in [2.75, 3.05) is 0 Å². The molecule has 0 aromatic heterocycles. The Balaban J connectivity index is 2.23. The molecular weight excluding hydrogens is 244 g/mol. The number of carbonyl (C=O) groups is 1. The molecule has 1 N–H and O–H groups in total. The fraction of sp³-hybridized carbons (Fsp3) is 0.133. The molecule has 2 aliphatic rings. The van der Waals surface area contributed by atoms with Crippen LogP contribution in [0.3, 0.4) is 0 Å². The average Bonchev–Trinajstić information content (AvgIpc) is 2.41. The fourth-order valence-electron chi connectivity index (χ4n) is 2.16. The minimum Gasteiger partial charge on any atom is -0.477 e. The highest BCUT2D eigenvalue weighted by atomic mass is 16.7. The van der Waals surface area contributed by atoms with E-state index in [4.69, 9.17) is 14.6 Å². The largest absolute Gasteiger partial charge is 0.477 e. The molecule has 0 radical (unpaired) electrons. The highest BCUT2D eigenvalue weighted by Gasteiger charge is 2.26. The predicted molar refractivity (Wildman–Crippen MR) is 69.2 cm³/mol.